The summed E-state index contributed by atoms with van der Waals surface area (Å²) in [4.78, 5) is 11.8. The molecule has 0 saturated heterocycles. The molecular weight excluding hydrogens is 347 g/mol. The molecule has 2 rings (SSSR count). The minimum atomic E-state index is -4.53. The number of methoxy groups -OCH3 is 1. The van der Waals surface area contributed by atoms with Crippen molar-refractivity contribution in [3.05, 3.63) is 59.2 Å². The SMILES string of the molecule is COc1ccc(C)cc1CCNC(=O)COc1ccccc1C(F)(F)F. The van der Waals surface area contributed by atoms with E-state index in [0.717, 1.165) is 22.9 Å². The summed E-state index contributed by atoms with van der Waals surface area (Å²) in [6, 6.07) is 10.5. The molecule has 2 aromatic rings. The first-order chi connectivity index (χ1) is 12.3. The van der Waals surface area contributed by atoms with Crippen molar-refractivity contribution in [2.45, 2.75) is 19.5 Å². The smallest absolute Gasteiger partial charge is 0.419 e. The fourth-order valence-corrected chi connectivity index (χ4v) is 2.46. The number of halogens is 3. The Morgan fingerprint density at radius 2 is 1.85 bits per heavy atom. The van der Waals surface area contributed by atoms with Gasteiger partial charge in [0.25, 0.3) is 5.91 Å². The fourth-order valence-electron chi connectivity index (χ4n) is 2.46. The standard InChI is InChI=1S/C19H20F3NO3/c1-13-7-8-16(25-2)14(11-13)9-10-23-18(24)12-26-17-6-4-3-5-15(17)19(20,21)22/h3-8,11H,9-10,12H2,1-2H3,(H,23,24). The van der Waals surface area contributed by atoms with Crippen molar-refractivity contribution < 1.29 is 27.4 Å². The van der Waals surface area contributed by atoms with E-state index in [2.05, 4.69) is 5.32 Å². The highest BCUT2D eigenvalue weighted by atomic mass is 19.4. The van der Waals surface area contributed by atoms with Crippen LogP contribution in [0.2, 0.25) is 0 Å². The van der Waals surface area contributed by atoms with Crippen LogP contribution in [0.4, 0.5) is 13.2 Å². The maximum Gasteiger partial charge on any atom is 0.419 e. The molecule has 0 aliphatic heterocycles. The van der Waals surface area contributed by atoms with Gasteiger partial charge in [-0.3, -0.25) is 4.79 Å². The molecule has 0 heterocycles. The summed E-state index contributed by atoms with van der Waals surface area (Å²) in [6.45, 7) is 1.79. The molecule has 0 radical (unpaired) electrons. The highest BCUT2D eigenvalue weighted by molar-refractivity contribution is 5.77. The normalized spacial score (nSPS) is 11.1. The number of amides is 1. The van der Waals surface area contributed by atoms with Crippen LogP contribution in [0.5, 0.6) is 11.5 Å². The van der Waals surface area contributed by atoms with Gasteiger partial charge in [-0.2, -0.15) is 13.2 Å². The molecule has 140 valence electrons. The van der Waals surface area contributed by atoms with Crippen LogP contribution in [0.3, 0.4) is 0 Å². The average molecular weight is 367 g/mol. The van der Waals surface area contributed by atoms with Gasteiger partial charge in [-0.05, 0) is 37.1 Å². The van der Waals surface area contributed by atoms with Crippen LogP contribution in [0.1, 0.15) is 16.7 Å². The van der Waals surface area contributed by atoms with Crippen LogP contribution >= 0.6 is 0 Å². The van der Waals surface area contributed by atoms with Crippen LogP contribution in [-0.2, 0) is 17.4 Å². The van der Waals surface area contributed by atoms with Crippen LogP contribution in [0, 0.1) is 6.92 Å². The third-order valence-electron chi connectivity index (χ3n) is 3.70. The zero-order valence-corrected chi connectivity index (χ0v) is 14.5. The number of aryl methyl sites for hydroxylation is 1. The number of para-hydroxylation sites is 1. The lowest BCUT2D eigenvalue weighted by molar-refractivity contribution is -0.139. The summed E-state index contributed by atoms with van der Waals surface area (Å²) >= 11 is 0. The number of rotatable bonds is 7. The van der Waals surface area contributed by atoms with Crippen LogP contribution < -0.4 is 14.8 Å². The van der Waals surface area contributed by atoms with Gasteiger partial charge in [0.05, 0.1) is 12.7 Å². The lowest BCUT2D eigenvalue weighted by atomic mass is 10.1. The van der Waals surface area contributed by atoms with E-state index in [-0.39, 0.29) is 5.75 Å². The second-order valence-electron chi connectivity index (χ2n) is 5.70. The van der Waals surface area contributed by atoms with Gasteiger partial charge in [-0.15, -0.1) is 0 Å². The molecule has 0 aliphatic carbocycles. The Hall–Kier alpha value is -2.70. The van der Waals surface area contributed by atoms with E-state index < -0.39 is 24.3 Å². The first-order valence-corrected chi connectivity index (χ1v) is 8.00. The number of carbonyl (C=O) groups is 1. The van der Waals surface area contributed by atoms with E-state index in [0.29, 0.717) is 13.0 Å². The van der Waals surface area contributed by atoms with Gasteiger partial charge in [0.15, 0.2) is 6.61 Å². The Balaban J connectivity index is 1.86. The Labute approximate surface area is 149 Å². The molecule has 0 spiro atoms. The third kappa shape index (κ3) is 5.40. The minimum Gasteiger partial charge on any atom is -0.496 e. The summed E-state index contributed by atoms with van der Waals surface area (Å²) in [5.41, 5.74) is 1.10. The Morgan fingerprint density at radius 3 is 2.54 bits per heavy atom. The van der Waals surface area contributed by atoms with Crippen molar-refractivity contribution in [3.8, 4) is 11.5 Å². The first-order valence-electron chi connectivity index (χ1n) is 8.00. The summed E-state index contributed by atoms with van der Waals surface area (Å²) < 4.78 is 48.9. The molecule has 1 amide bonds. The molecular formula is C19H20F3NO3. The molecule has 0 unspecified atom stereocenters. The lowest BCUT2D eigenvalue weighted by Gasteiger charge is -2.14. The number of hydrogen-bond acceptors (Lipinski definition) is 3. The minimum absolute atomic E-state index is 0.322. The van der Waals surface area contributed by atoms with E-state index in [9.17, 15) is 18.0 Å². The van der Waals surface area contributed by atoms with E-state index in [1.807, 2.05) is 25.1 Å². The van der Waals surface area contributed by atoms with E-state index in [1.165, 1.54) is 18.2 Å². The maximum atomic E-state index is 12.9. The molecule has 0 aliphatic rings. The van der Waals surface area contributed by atoms with E-state index in [4.69, 9.17) is 9.47 Å². The molecule has 0 saturated carbocycles. The lowest BCUT2D eigenvalue weighted by Crippen LogP contribution is -2.31. The topological polar surface area (TPSA) is 47.6 Å². The zero-order chi connectivity index (χ0) is 19.2. The summed E-state index contributed by atoms with van der Waals surface area (Å²) in [6.07, 6.45) is -4.00. The summed E-state index contributed by atoms with van der Waals surface area (Å²) in [5, 5.41) is 2.63. The highest BCUT2D eigenvalue weighted by Crippen LogP contribution is 2.35. The van der Waals surface area contributed by atoms with Gasteiger partial charge in [-0.1, -0.05) is 29.8 Å². The quantitative estimate of drug-likeness (QED) is 0.811. The number of ether oxygens (including phenoxy) is 2. The molecule has 0 atom stereocenters. The maximum absolute atomic E-state index is 12.9. The fraction of sp³-hybridized carbons (Fsp3) is 0.316. The average Bonchev–Trinajstić information content (AvgIpc) is 2.59. The Bertz CT molecular complexity index is 760. The highest BCUT2D eigenvalue weighted by Gasteiger charge is 2.34. The summed E-state index contributed by atoms with van der Waals surface area (Å²) in [7, 11) is 1.57. The van der Waals surface area contributed by atoms with Gasteiger partial charge in [-0.25, -0.2) is 0 Å². The van der Waals surface area contributed by atoms with Crippen LogP contribution in [0.15, 0.2) is 42.5 Å². The largest absolute Gasteiger partial charge is 0.496 e. The molecule has 7 heteroatoms. The van der Waals surface area contributed by atoms with Crippen LogP contribution in [0.25, 0.3) is 0 Å². The van der Waals surface area contributed by atoms with Crippen molar-refractivity contribution in [2.24, 2.45) is 0 Å². The first kappa shape index (κ1) is 19.6. The molecule has 2 aromatic carbocycles. The molecule has 1 N–H and O–H groups in total. The molecule has 0 bridgehead atoms. The molecule has 4 nitrogen and oxygen atoms in total. The summed E-state index contributed by atoms with van der Waals surface area (Å²) in [5.74, 6) is -0.135. The van der Waals surface area contributed by atoms with Gasteiger partial charge in [0, 0.05) is 6.54 Å². The molecule has 26 heavy (non-hydrogen) atoms. The Kier molecular flexibility index (Phi) is 6.49. The van der Waals surface area contributed by atoms with Gasteiger partial charge >= 0.3 is 6.18 Å². The third-order valence-corrected chi connectivity index (χ3v) is 3.70. The number of nitrogens with one attached hydrogen (secondary N) is 1. The second-order valence-corrected chi connectivity index (χ2v) is 5.70. The van der Waals surface area contributed by atoms with Gasteiger partial charge in [0.1, 0.15) is 11.5 Å². The van der Waals surface area contributed by atoms with Crippen molar-refractivity contribution in [2.75, 3.05) is 20.3 Å². The number of carbonyl (C=O) groups excluding carboxylic acids is 1. The zero-order valence-electron chi connectivity index (χ0n) is 14.5. The van der Waals surface area contributed by atoms with Crippen LogP contribution in [-0.4, -0.2) is 26.2 Å². The van der Waals surface area contributed by atoms with E-state index >= 15 is 0 Å². The predicted molar refractivity (Wildman–Crippen MR) is 91.4 cm³/mol. The monoisotopic (exact) mass is 367 g/mol. The second kappa shape index (κ2) is 8.60. The molecule has 0 fully saturated rings. The van der Waals surface area contributed by atoms with Crippen molar-refractivity contribution >= 4 is 5.91 Å². The predicted octanol–water partition coefficient (Wildman–Crippen LogP) is 3.76. The number of hydrogen-bond donors (Lipinski definition) is 1. The van der Waals surface area contributed by atoms with Gasteiger partial charge in [0.2, 0.25) is 0 Å². The van der Waals surface area contributed by atoms with Crippen molar-refractivity contribution in [3.63, 3.8) is 0 Å². The van der Waals surface area contributed by atoms with Gasteiger partial charge < -0.3 is 14.8 Å². The number of alkyl halides is 3. The van der Waals surface area contributed by atoms with Crippen molar-refractivity contribution in [1.29, 1.82) is 0 Å². The molecule has 0 aromatic heterocycles. The Morgan fingerprint density at radius 1 is 1.12 bits per heavy atom. The van der Waals surface area contributed by atoms with E-state index in [1.54, 1.807) is 7.11 Å². The van der Waals surface area contributed by atoms with Crippen molar-refractivity contribution in [1.82, 2.24) is 5.32 Å². The number of benzene rings is 2.